The summed E-state index contributed by atoms with van der Waals surface area (Å²) >= 11 is 3.21. The monoisotopic (exact) mass is 324 g/mol. The van der Waals surface area contributed by atoms with Crippen LogP contribution in [-0.4, -0.2) is 14.9 Å². The molecule has 1 aromatic heterocycles. The Morgan fingerprint density at radius 1 is 1.37 bits per heavy atom. The third-order valence-electron chi connectivity index (χ3n) is 2.29. The highest BCUT2D eigenvalue weighted by molar-refractivity contribution is 9.10. The molecule has 0 aliphatic heterocycles. The molecule has 0 spiro atoms. The van der Waals surface area contributed by atoms with Gasteiger partial charge in [0.2, 0.25) is 11.6 Å². The van der Waals surface area contributed by atoms with Gasteiger partial charge in [0.25, 0.3) is 0 Å². The van der Waals surface area contributed by atoms with Crippen LogP contribution in [0.15, 0.2) is 29.0 Å². The maximum absolute atomic E-state index is 11.0. The fraction of sp³-hybridized carbons (Fsp3) is 0.0909. The molecule has 0 amide bonds. The first-order chi connectivity index (χ1) is 8.97. The Balaban J connectivity index is 2.47. The summed E-state index contributed by atoms with van der Waals surface area (Å²) in [5.74, 6) is 0.509. The van der Waals surface area contributed by atoms with Crippen LogP contribution in [0.5, 0.6) is 11.6 Å². The number of nitro benzene ring substituents is 1. The Kier molecular flexibility index (Phi) is 3.61. The normalized spacial score (nSPS) is 10.2. The van der Waals surface area contributed by atoms with Crippen LogP contribution in [0.3, 0.4) is 0 Å². The zero-order chi connectivity index (χ0) is 14.0. The SMILES string of the molecule is Cc1cc(Br)cc([N+](=O)[O-])c1Oc1cc(N)ncn1. The van der Waals surface area contributed by atoms with E-state index in [1.54, 1.807) is 13.0 Å². The van der Waals surface area contributed by atoms with Gasteiger partial charge in [0, 0.05) is 22.2 Å². The van der Waals surface area contributed by atoms with Crippen LogP contribution in [0.4, 0.5) is 11.5 Å². The molecule has 7 nitrogen and oxygen atoms in total. The minimum atomic E-state index is -0.516. The zero-order valence-electron chi connectivity index (χ0n) is 9.83. The number of nitrogens with zero attached hydrogens (tertiary/aromatic N) is 3. The molecule has 1 aromatic carbocycles. The molecule has 0 bridgehead atoms. The van der Waals surface area contributed by atoms with Crippen molar-refractivity contribution in [2.75, 3.05) is 5.73 Å². The van der Waals surface area contributed by atoms with Crippen molar-refractivity contribution in [3.63, 3.8) is 0 Å². The number of aromatic nitrogens is 2. The first kappa shape index (κ1) is 13.2. The summed E-state index contributed by atoms with van der Waals surface area (Å²) in [7, 11) is 0. The molecule has 19 heavy (non-hydrogen) atoms. The number of halogens is 1. The van der Waals surface area contributed by atoms with Gasteiger partial charge in [0.15, 0.2) is 0 Å². The van der Waals surface area contributed by atoms with E-state index in [2.05, 4.69) is 25.9 Å². The maximum Gasteiger partial charge on any atom is 0.313 e. The summed E-state index contributed by atoms with van der Waals surface area (Å²) in [6.07, 6.45) is 1.23. The molecule has 8 heteroatoms. The molecule has 0 saturated carbocycles. The lowest BCUT2D eigenvalue weighted by molar-refractivity contribution is -0.385. The van der Waals surface area contributed by atoms with E-state index in [9.17, 15) is 10.1 Å². The molecule has 0 atom stereocenters. The van der Waals surface area contributed by atoms with E-state index in [0.717, 1.165) is 0 Å². The zero-order valence-corrected chi connectivity index (χ0v) is 11.4. The van der Waals surface area contributed by atoms with Crippen LogP contribution < -0.4 is 10.5 Å². The van der Waals surface area contributed by atoms with Crippen molar-refractivity contribution in [1.29, 1.82) is 0 Å². The number of ether oxygens (including phenoxy) is 1. The van der Waals surface area contributed by atoms with Crippen molar-refractivity contribution < 1.29 is 9.66 Å². The van der Waals surface area contributed by atoms with Gasteiger partial charge < -0.3 is 10.5 Å². The molecule has 2 N–H and O–H groups in total. The van der Waals surface area contributed by atoms with E-state index >= 15 is 0 Å². The predicted molar refractivity (Wildman–Crippen MR) is 72.1 cm³/mol. The number of nitrogen functional groups attached to an aromatic ring is 1. The summed E-state index contributed by atoms with van der Waals surface area (Å²) in [4.78, 5) is 18.1. The van der Waals surface area contributed by atoms with Gasteiger partial charge in [-0.1, -0.05) is 15.9 Å². The number of hydrogen-bond donors (Lipinski definition) is 1. The quantitative estimate of drug-likeness (QED) is 0.687. The molecule has 0 fully saturated rings. The Morgan fingerprint density at radius 3 is 2.74 bits per heavy atom. The Hall–Kier alpha value is -2.22. The lowest BCUT2D eigenvalue weighted by atomic mass is 10.2. The van der Waals surface area contributed by atoms with Crippen LogP contribution in [0, 0.1) is 17.0 Å². The smallest absolute Gasteiger partial charge is 0.313 e. The highest BCUT2D eigenvalue weighted by Crippen LogP contribution is 2.36. The lowest BCUT2D eigenvalue weighted by Gasteiger charge is -2.08. The van der Waals surface area contributed by atoms with E-state index in [1.807, 2.05) is 0 Å². The van der Waals surface area contributed by atoms with Gasteiger partial charge in [-0.2, -0.15) is 0 Å². The van der Waals surface area contributed by atoms with Crippen LogP contribution in [-0.2, 0) is 0 Å². The standard InChI is InChI=1S/C11H9BrN4O3/c1-6-2-7(12)3-8(16(17)18)11(6)19-10-4-9(13)14-5-15-10/h2-5H,1H3,(H2,13,14,15). The third-order valence-corrected chi connectivity index (χ3v) is 2.74. The summed E-state index contributed by atoms with van der Waals surface area (Å²) in [6, 6.07) is 4.48. The molecule has 98 valence electrons. The van der Waals surface area contributed by atoms with Gasteiger partial charge in [-0.05, 0) is 13.0 Å². The topological polar surface area (TPSA) is 104 Å². The van der Waals surface area contributed by atoms with Crippen molar-refractivity contribution in [1.82, 2.24) is 9.97 Å². The highest BCUT2D eigenvalue weighted by atomic mass is 79.9. The van der Waals surface area contributed by atoms with Gasteiger partial charge in [-0.15, -0.1) is 0 Å². The minimum Gasteiger partial charge on any atom is -0.431 e. The molecule has 0 saturated heterocycles. The first-order valence-electron chi connectivity index (χ1n) is 5.17. The number of benzene rings is 1. The van der Waals surface area contributed by atoms with Gasteiger partial charge >= 0.3 is 5.69 Å². The van der Waals surface area contributed by atoms with Crippen molar-refractivity contribution >= 4 is 27.4 Å². The van der Waals surface area contributed by atoms with Crippen molar-refractivity contribution in [3.05, 3.63) is 44.7 Å². The maximum atomic E-state index is 11.0. The second-order valence-corrected chi connectivity index (χ2v) is 4.63. The molecule has 2 aromatic rings. The number of rotatable bonds is 3. The van der Waals surface area contributed by atoms with Gasteiger partial charge in [-0.25, -0.2) is 9.97 Å². The van der Waals surface area contributed by atoms with E-state index in [0.29, 0.717) is 10.0 Å². The van der Waals surface area contributed by atoms with Gasteiger partial charge in [-0.3, -0.25) is 10.1 Å². The molecular formula is C11H9BrN4O3. The number of anilines is 1. The molecule has 0 aliphatic rings. The van der Waals surface area contributed by atoms with Crippen LogP contribution in [0.25, 0.3) is 0 Å². The minimum absolute atomic E-state index is 0.131. The largest absolute Gasteiger partial charge is 0.431 e. The van der Waals surface area contributed by atoms with Crippen molar-refractivity contribution in [2.45, 2.75) is 6.92 Å². The Bertz CT molecular complexity index is 648. The Labute approximate surface area is 116 Å². The fourth-order valence-electron chi connectivity index (χ4n) is 1.49. The van der Waals surface area contributed by atoms with Crippen LogP contribution in [0.2, 0.25) is 0 Å². The molecule has 0 aliphatic carbocycles. The van der Waals surface area contributed by atoms with Crippen LogP contribution >= 0.6 is 15.9 Å². The summed E-state index contributed by atoms with van der Waals surface area (Å²) in [6.45, 7) is 1.71. The molecular weight excluding hydrogens is 316 g/mol. The summed E-state index contributed by atoms with van der Waals surface area (Å²) in [5, 5.41) is 11.0. The molecule has 0 unspecified atom stereocenters. The average molecular weight is 325 g/mol. The molecule has 0 radical (unpaired) electrons. The fourth-order valence-corrected chi connectivity index (χ4v) is 2.05. The average Bonchev–Trinajstić information content (AvgIpc) is 2.32. The van der Waals surface area contributed by atoms with Crippen molar-refractivity contribution in [2.24, 2.45) is 0 Å². The lowest BCUT2D eigenvalue weighted by Crippen LogP contribution is -1.98. The third kappa shape index (κ3) is 2.97. The van der Waals surface area contributed by atoms with E-state index in [-0.39, 0.29) is 23.1 Å². The van der Waals surface area contributed by atoms with E-state index in [1.165, 1.54) is 18.5 Å². The summed E-state index contributed by atoms with van der Waals surface area (Å²) in [5.41, 5.74) is 5.96. The number of nitro groups is 1. The second kappa shape index (κ2) is 5.19. The van der Waals surface area contributed by atoms with E-state index in [4.69, 9.17) is 10.5 Å². The van der Waals surface area contributed by atoms with Crippen LogP contribution in [0.1, 0.15) is 5.56 Å². The number of hydrogen-bond acceptors (Lipinski definition) is 6. The number of aryl methyl sites for hydroxylation is 1. The summed E-state index contributed by atoms with van der Waals surface area (Å²) < 4.78 is 6.05. The van der Waals surface area contributed by atoms with Gasteiger partial charge in [0.05, 0.1) is 4.92 Å². The first-order valence-corrected chi connectivity index (χ1v) is 5.96. The van der Waals surface area contributed by atoms with E-state index < -0.39 is 4.92 Å². The Morgan fingerprint density at radius 2 is 2.11 bits per heavy atom. The second-order valence-electron chi connectivity index (χ2n) is 3.71. The number of nitrogens with two attached hydrogens (primary N) is 1. The van der Waals surface area contributed by atoms with Gasteiger partial charge in [0.1, 0.15) is 12.1 Å². The van der Waals surface area contributed by atoms with Crippen molar-refractivity contribution in [3.8, 4) is 11.6 Å². The highest BCUT2D eigenvalue weighted by Gasteiger charge is 2.20. The predicted octanol–water partition coefficient (Wildman–Crippen LogP) is 2.83. The molecule has 2 rings (SSSR count). The molecule has 1 heterocycles.